The lowest BCUT2D eigenvalue weighted by Gasteiger charge is -2.21. The van der Waals surface area contributed by atoms with Gasteiger partial charge in [0.05, 0.1) is 12.5 Å². The molecule has 180 valence electrons. The number of carboxylic acid groups (broad SMARTS) is 1. The summed E-state index contributed by atoms with van der Waals surface area (Å²) in [6.45, 7) is 3.13. The van der Waals surface area contributed by atoms with Crippen LogP contribution in [0.3, 0.4) is 0 Å². The van der Waals surface area contributed by atoms with Gasteiger partial charge in [-0.25, -0.2) is 4.79 Å². The summed E-state index contributed by atoms with van der Waals surface area (Å²) in [6.07, 6.45) is 0.403. The molecule has 0 spiro atoms. The molecule has 2 aliphatic rings. The molecule has 3 N–H and O–H groups in total. The summed E-state index contributed by atoms with van der Waals surface area (Å²) in [5.41, 5.74) is 4.36. The largest absolute Gasteiger partial charge is 0.481 e. The van der Waals surface area contributed by atoms with Crippen molar-refractivity contribution in [1.82, 2.24) is 10.6 Å². The Labute approximate surface area is 198 Å². The summed E-state index contributed by atoms with van der Waals surface area (Å²) >= 11 is 0. The second kappa shape index (κ2) is 10.7. The van der Waals surface area contributed by atoms with E-state index >= 15 is 0 Å². The molecule has 4 rings (SSSR count). The van der Waals surface area contributed by atoms with Crippen LogP contribution in [0.5, 0.6) is 0 Å². The van der Waals surface area contributed by atoms with E-state index < -0.39 is 30.4 Å². The molecule has 0 radical (unpaired) electrons. The van der Waals surface area contributed by atoms with Gasteiger partial charge < -0.3 is 25.2 Å². The summed E-state index contributed by atoms with van der Waals surface area (Å²) in [6, 6.07) is 14.7. The summed E-state index contributed by atoms with van der Waals surface area (Å²) in [5, 5.41) is 14.4. The third kappa shape index (κ3) is 5.22. The van der Waals surface area contributed by atoms with Gasteiger partial charge in [0.25, 0.3) is 0 Å². The van der Waals surface area contributed by atoms with E-state index in [2.05, 4.69) is 10.6 Å². The zero-order valence-electron chi connectivity index (χ0n) is 19.2. The van der Waals surface area contributed by atoms with Crippen molar-refractivity contribution in [3.05, 3.63) is 59.7 Å². The lowest BCUT2D eigenvalue weighted by atomic mass is 9.98. The molecule has 2 aromatic carbocycles. The van der Waals surface area contributed by atoms with Crippen LogP contribution < -0.4 is 10.6 Å². The highest BCUT2D eigenvalue weighted by molar-refractivity contribution is 5.89. The highest BCUT2D eigenvalue weighted by Gasteiger charge is 2.31. The Kier molecular flexibility index (Phi) is 7.47. The number of carboxylic acids is 1. The zero-order chi connectivity index (χ0) is 24.1. The number of ether oxygens (including phenoxy) is 2. The van der Waals surface area contributed by atoms with Gasteiger partial charge in [0.15, 0.2) is 0 Å². The molecule has 2 amide bonds. The number of hydrogen-bond donors (Lipinski definition) is 3. The van der Waals surface area contributed by atoms with Crippen molar-refractivity contribution in [1.29, 1.82) is 0 Å². The SMILES string of the molecule is CCC1OCCC1CNC(=O)C(CC(=O)O)NC(=O)OCC1c2ccccc2-c2ccccc21. The van der Waals surface area contributed by atoms with Gasteiger partial charge in [-0.15, -0.1) is 0 Å². The van der Waals surface area contributed by atoms with Gasteiger partial charge in [0.1, 0.15) is 12.6 Å². The van der Waals surface area contributed by atoms with Crippen LogP contribution in [-0.2, 0) is 19.1 Å². The summed E-state index contributed by atoms with van der Waals surface area (Å²) in [4.78, 5) is 36.5. The Balaban J connectivity index is 1.36. The first kappa shape index (κ1) is 23.8. The fourth-order valence-electron chi connectivity index (χ4n) is 4.90. The number of amides is 2. The number of alkyl carbamates (subject to hydrolysis) is 1. The third-order valence-electron chi connectivity index (χ3n) is 6.62. The quantitative estimate of drug-likeness (QED) is 0.523. The van der Waals surface area contributed by atoms with E-state index in [0.717, 1.165) is 35.1 Å². The minimum absolute atomic E-state index is 0.0771. The van der Waals surface area contributed by atoms with E-state index in [4.69, 9.17) is 9.47 Å². The molecule has 1 aliphatic heterocycles. The molecule has 1 heterocycles. The van der Waals surface area contributed by atoms with Gasteiger partial charge in [-0.2, -0.15) is 0 Å². The Morgan fingerprint density at radius 3 is 2.35 bits per heavy atom. The number of hydrogen-bond acceptors (Lipinski definition) is 5. The molecule has 8 nitrogen and oxygen atoms in total. The van der Waals surface area contributed by atoms with Crippen molar-refractivity contribution >= 4 is 18.0 Å². The molecule has 34 heavy (non-hydrogen) atoms. The molecule has 8 heteroatoms. The van der Waals surface area contributed by atoms with E-state index in [-0.39, 0.29) is 24.5 Å². The molecule has 2 aromatic rings. The minimum atomic E-state index is -1.23. The van der Waals surface area contributed by atoms with Crippen LogP contribution in [-0.4, -0.2) is 55.0 Å². The van der Waals surface area contributed by atoms with Crippen molar-refractivity contribution in [2.75, 3.05) is 19.8 Å². The van der Waals surface area contributed by atoms with E-state index in [1.165, 1.54) is 0 Å². The van der Waals surface area contributed by atoms with Gasteiger partial charge in [0.2, 0.25) is 5.91 Å². The number of carbonyl (C=O) groups is 3. The zero-order valence-corrected chi connectivity index (χ0v) is 19.2. The molecule has 1 saturated heterocycles. The topological polar surface area (TPSA) is 114 Å². The number of fused-ring (bicyclic) bond motifs is 3. The van der Waals surface area contributed by atoms with Crippen molar-refractivity contribution < 1.29 is 29.0 Å². The molecule has 1 fully saturated rings. The van der Waals surface area contributed by atoms with Gasteiger partial charge in [0, 0.05) is 25.0 Å². The van der Waals surface area contributed by atoms with Crippen LogP contribution >= 0.6 is 0 Å². The predicted molar refractivity (Wildman–Crippen MR) is 125 cm³/mol. The number of rotatable bonds is 9. The van der Waals surface area contributed by atoms with Crippen LogP contribution in [0.4, 0.5) is 4.79 Å². The minimum Gasteiger partial charge on any atom is -0.481 e. The smallest absolute Gasteiger partial charge is 0.407 e. The molecular weight excluding hydrogens is 436 g/mol. The maximum atomic E-state index is 12.7. The van der Waals surface area contributed by atoms with Crippen LogP contribution in [0.1, 0.15) is 43.2 Å². The normalized spacial score (nSPS) is 19.7. The maximum absolute atomic E-state index is 12.7. The first-order valence-corrected chi connectivity index (χ1v) is 11.7. The highest BCUT2D eigenvalue weighted by atomic mass is 16.5. The fraction of sp³-hybridized carbons (Fsp3) is 0.423. The average Bonchev–Trinajstić information content (AvgIpc) is 3.42. The first-order valence-electron chi connectivity index (χ1n) is 11.7. The van der Waals surface area contributed by atoms with E-state index in [1.54, 1.807) is 0 Å². The van der Waals surface area contributed by atoms with E-state index in [0.29, 0.717) is 13.2 Å². The van der Waals surface area contributed by atoms with Crippen molar-refractivity contribution in [3.63, 3.8) is 0 Å². The molecule has 0 saturated carbocycles. The second-order valence-electron chi connectivity index (χ2n) is 8.73. The fourth-order valence-corrected chi connectivity index (χ4v) is 4.90. The summed E-state index contributed by atoms with van der Waals surface area (Å²) in [7, 11) is 0. The van der Waals surface area contributed by atoms with Crippen molar-refractivity contribution in [2.45, 2.75) is 44.2 Å². The molecule has 1 aliphatic carbocycles. The van der Waals surface area contributed by atoms with Crippen molar-refractivity contribution in [3.8, 4) is 11.1 Å². The maximum Gasteiger partial charge on any atom is 0.407 e. The average molecular weight is 467 g/mol. The second-order valence-corrected chi connectivity index (χ2v) is 8.73. The third-order valence-corrected chi connectivity index (χ3v) is 6.62. The van der Waals surface area contributed by atoms with Crippen LogP contribution in [0.2, 0.25) is 0 Å². The lowest BCUT2D eigenvalue weighted by Crippen LogP contribution is -2.49. The molecule has 0 bridgehead atoms. The molecule has 3 atom stereocenters. The molecule has 0 aromatic heterocycles. The number of aliphatic carboxylic acids is 1. The van der Waals surface area contributed by atoms with Crippen molar-refractivity contribution in [2.24, 2.45) is 5.92 Å². The Bertz CT molecular complexity index is 1010. The lowest BCUT2D eigenvalue weighted by molar-refractivity contribution is -0.139. The Hall–Kier alpha value is -3.39. The van der Waals surface area contributed by atoms with Gasteiger partial charge in [-0.3, -0.25) is 9.59 Å². The standard InChI is InChI=1S/C26H30N2O6/c1-2-23-16(11-12-33-23)14-27-25(31)22(13-24(29)30)28-26(32)34-15-21-19-9-5-3-7-17(19)18-8-4-6-10-20(18)21/h3-10,16,21-23H,2,11-15H2,1H3,(H,27,31)(H,28,32)(H,29,30). The number of carbonyl (C=O) groups excluding carboxylic acids is 2. The van der Waals surface area contributed by atoms with Crippen LogP contribution in [0.15, 0.2) is 48.5 Å². The van der Waals surface area contributed by atoms with Gasteiger partial charge >= 0.3 is 12.1 Å². The monoisotopic (exact) mass is 466 g/mol. The number of benzene rings is 2. The van der Waals surface area contributed by atoms with E-state index in [9.17, 15) is 19.5 Å². The highest BCUT2D eigenvalue weighted by Crippen LogP contribution is 2.44. The van der Waals surface area contributed by atoms with Crippen LogP contribution in [0.25, 0.3) is 11.1 Å². The Morgan fingerprint density at radius 2 is 1.74 bits per heavy atom. The Morgan fingerprint density at radius 1 is 1.09 bits per heavy atom. The van der Waals surface area contributed by atoms with Gasteiger partial charge in [-0.1, -0.05) is 55.5 Å². The summed E-state index contributed by atoms with van der Waals surface area (Å²) < 4.78 is 11.1. The van der Waals surface area contributed by atoms with Crippen LogP contribution in [0, 0.1) is 5.92 Å². The number of nitrogens with one attached hydrogen (secondary N) is 2. The van der Waals surface area contributed by atoms with Gasteiger partial charge in [-0.05, 0) is 35.1 Å². The molecular formula is C26H30N2O6. The summed E-state index contributed by atoms with van der Waals surface area (Å²) in [5.74, 6) is -1.68. The predicted octanol–water partition coefficient (Wildman–Crippen LogP) is 3.30. The first-order chi connectivity index (χ1) is 16.5. The van der Waals surface area contributed by atoms with E-state index in [1.807, 2.05) is 55.5 Å². The molecule has 3 unspecified atom stereocenters.